The van der Waals surface area contributed by atoms with E-state index in [1.54, 1.807) is 6.07 Å². The molecule has 0 aliphatic carbocycles. The normalized spacial score (nSPS) is 11.2. The van der Waals surface area contributed by atoms with Gasteiger partial charge < -0.3 is 4.52 Å². The molecule has 0 atom stereocenters. The highest BCUT2D eigenvalue weighted by atomic mass is 31.2. The number of benzene rings is 4. The largest absolute Gasteiger partial charge is 0.524 e. The minimum atomic E-state index is -4.73. The molecule has 0 radical (unpaired) electrons. The summed E-state index contributed by atoms with van der Waals surface area (Å²) in [6, 6.07) is 32.6. The van der Waals surface area contributed by atoms with Crippen molar-refractivity contribution < 1.29 is 18.9 Å². The van der Waals surface area contributed by atoms with Crippen molar-refractivity contribution in [2.24, 2.45) is 0 Å². The molecule has 0 heterocycles. The molecule has 0 fully saturated rings. The lowest BCUT2D eigenvalue weighted by Gasteiger charge is -2.20. The zero-order valence-corrected chi connectivity index (χ0v) is 16.4. The van der Waals surface area contributed by atoms with Crippen LogP contribution < -0.4 is 4.52 Å². The van der Waals surface area contributed by atoms with E-state index in [-0.39, 0.29) is 5.75 Å². The van der Waals surface area contributed by atoms with E-state index < -0.39 is 7.82 Å². The van der Waals surface area contributed by atoms with Crippen LogP contribution in [0.3, 0.4) is 0 Å². The molecule has 4 aromatic rings. The number of hydrogen-bond donors (Lipinski definition) is 2. The smallest absolute Gasteiger partial charge is 0.404 e. The van der Waals surface area contributed by atoms with E-state index in [9.17, 15) is 14.4 Å². The summed E-state index contributed by atoms with van der Waals surface area (Å²) in [5.74, 6) is 0.142. The molecule has 29 heavy (non-hydrogen) atoms. The molecule has 0 bridgehead atoms. The second-order valence-electron chi connectivity index (χ2n) is 6.54. The molecular weight excluding hydrogens is 383 g/mol. The van der Waals surface area contributed by atoms with E-state index in [1.807, 2.05) is 97.1 Å². The van der Waals surface area contributed by atoms with E-state index >= 15 is 0 Å². The van der Waals surface area contributed by atoms with Gasteiger partial charge in [0.05, 0.1) is 0 Å². The Morgan fingerprint density at radius 3 is 1.48 bits per heavy atom. The van der Waals surface area contributed by atoms with Crippen molar-refractivity contribution in [3.05, 3.63) is 103 Å². The molecule has 0 aliphatic rings. The highest BCUT2D eigenvalue weighted by Crippen LogP contribution is 2.49. The first-order valence-electron chi connectivity index (χ1n) is 9.11. The Balaban J connectivity index is 2.09. The van der Waals surface area contributed by atoms with Gasteiger partial charge in [-0.2, -0.15) is 0 Å². The molecule has 0 aromatic heterocycles. The van der Waals surface area contributed by atoms with E-state index in [4.69, 9.17) is 4.52 Å². The lowest BCUT2D eigenvalue weighted by molar-refractivity contribution is 0.283. The van der Waals surface area contributed by atoms with Gasteiger partial charge in [0.15, 0.2) is 0 Å². The Morgan fingerprint density at radius 1 is 0.552 bits per heavy atom. The first-order valence-corrected chi connectivity index (χ1v) is 10.6. The van der Waals surface area contributed by atoms with Crippen LogP contribution in [0.15, 0.2) is 103 Å². The highest BCUT2D eigenvalue weighted by Gasteiger charge is 2.24. The standard InChI is InChI=1S/C24H19O4P/c25-29(26,27)28-22-17-16-21(18-10-4-1-5-11-18)23(19-12-6-2-7-13-19)24(22)20-14-8-3-9-15-20/h1-17H,(H2,25,26,27). The predicted molar refractivity (Wildman–Crippen MR) is 115 cm³/mol. The van der Waals surface area contributed by atoms with Gasteiger partial charge in [-0.25, -0.2) is 4.57 Å². The summed E-state index contributed by atoms with van der Waals surface area (Å²) >= 11 is 0. The number of hydrogen-bond acceptors (Lipinski definition) is 2. The summed E-state index contributed by atoms with van der Waals surface area (Å²) in [5.41, 5.74) is 5.20. The summed E-state index contributed by atoms with van der Waals surface area (Å²) in [6.07, 6.45) is 0. The van der Waals surface area contributed by atoms with Gasteiger partial charge in [-0.15, -0.1) is 0 Å². The van der Waals surface area contributed by atoms with E-state index in [1.165, 1.54) is 0 Å². The van der Waals surface area contributed by atoms with Crippen molar-refractivity contribution in [1.29, 1.82) is 0 Å². The van der Waals surface area contributed by atoms with Gasteiger partial charge in [0.1, 0.15) is 5.75 Å². The van der Waals surface area contributed by atoms with Crippen molar-refractivity contribution in [3.63, 3.8) is 0 Å². The molecule has 0 aliphatic heterocycles. The van der Waals surface area contributed by atoms with Gasteiger partial charge in [-0.3, -0.25) is 9.79 Å². The van der Waals surface area contributed by atoms with Gasteiger partial charge in [-0.05, 0) is 28.3 Å². The molecular formula is C24H19O4P. The first-order chi connectivity index (χ1) is 14.0. The van der Waals surface area contributed by atoms with Crippen molar-refractivity contribution in [2.45, 2.75) is 0 Å². The number of phosphoric ester groups is 1. The van der Waals surface area contributed by atoms with Crippen LogP contribution in [0.2, 0.25) is 0 Å². The minimum absolute atomic E-state index is 0.142. The van der Waals surface area contributed by atoms with Crippen molar-refractivity contribution in [1.82, 2.24) is 0 Å². The van der Waals surface area contributed by atoms with Crippen molar-refractivity contribution >= 4 is 7.82 Å². The maximum atomic E-state index is 11.7. The third-order valence-electron chi connectivity index (χ3n) is 4.59. The molecule has 0 saturated carbocycles. The molecule has 4 rings (SSSR count). The summed E-state index contributed by atoms with van der Waals surface area (Å²) in [6.45, 7) is 0. The third kappa shape index (κ3) is 4.30. The van der Waals surface area contributed by atoms with Gasteiger partial charge in [0.2, 0.25) is 0 Å². The average molecular weight is 402 g/mol. The summed E-state index contributed by atoms with van der Waals surface area (Å²) in [5, 5.41) is 0. The molecule has 5 heteroatoms. The topological polar surface area (TPSA) is 66.8 Å². The maximum Gasteiger partial charge on any atom is 0.524 e. The van der Waals surface area contributed by atoms with Crippen LogP contribution in [0.4, 0.5) is 0 Å². The maximum absolute atomic E-state index is 11.7. The first kappa shape index (κ1) is 19.2. The van der Waals surface area contributed by atoms with Crippen molar-refractivity contribution in [2.75, 3.05) is 0 Å². The second-order valence-corrected chi connectivity index (χ2v) is 7.70. The Bertz CT molecular complexity index is 1150. The van der Waals surface area contributed by atoms with Crippen LogP contribution in [0, 0.1) is 0 Å². The second kappa shape index (κ2) is 8.06. The molecule has 144 valence electrons. The van der Waals surface area contributed by atoms with Crippen molar-refractivity contribution in [3.8, 4) is 39.1 Å². The lowest BCUT2D eigenvalue weighted by atomic mass is 9.87. The molecule has 2 N–H and O–H groups in total. The van der Waals surface area contributed by atoms with E-state index in [2.05, 4.69) is 0 Å². The highest BCUT2D eigenvalue weighted by molar-refractivity contribution is 7.46. The Labute approximate surface area is 169 Å². The molecule has 0 spiro atoms. The fourth-order valence-electron chi connectivity index (χ4n) is 3.44. The minimum Gasteiger partial charge on any atom is -0.404 e. The fraction of sp³-hybridized carbons (Fsp3) is 0. The van der Waals surface area contributed by atoms with Gasteiger partial charge in [-0.1, -0.05) is 97.1 Å². The van der Waals surface area contributed by atoms with Gasteiger partial charge in [0, 0.05) is 11.1 Å². The van der Waals surface area contributed by atoms with Crippen LogP contribution in [0.1, 0.15) is 0 Å². The monoisotopic (exact) mass is 402 g/mol. The lowest BCUT2D eigenvalue weighted by Crippen LogP contribution is -1.97. The Morgan fingerprint density at radius 2 is 1.00 bits per heavy atom. The summed E-state index contributed by atoms with van der Waals surface area (Å²) in [7, 11) is -4.73. The van der Waals surface area contributed by atoms with E-state index in [0.717, 1.165) is 27.8 Å². The zero-order valence-electron chi connectivity index (χ0n) is 15.5. The Kier molecular flexibility index (Phi) is 5.32. The van der Waals surface area contributed by atoms with Crippen LogP contribution >= 0.6 is 7.82 Å². The predicted octanol–water partition coefficient (Wildman–Crippen LogP) is 6.16. The third-order valence-corrected chi connectivity index (χ3v) is 5.03. The molecule has 0 amide bonds. The summed E-state index contributed by atoms with van der Waals surface area (Å²) < 4.78 is 16.8. The molecule has 4 aromatic carbocycles. The van der Waals surface area contributed by atoms with Crippen LogP contribution in [0.25, 0.3) is 33.4 Å². The number of rotatable bonds is 5. The van der Waals surface area contributed by atoms with Crippen LogP contribution in [-0.4, -0.2) is 9.79 Å². The van der Waals surface area contributed by atoms with Crippen LogP contribution in [-0.2, 0) is 4.57 Å². The average Bonchev–Trinajstić information content (AvgIpc) is 2.74. The molecule has 0 saturated heterocycles. The molecule has 4 nitrogen and oxygen atoms in total. The fourth-order valence-corrected chi connectivity index (χ4v) is 3.85. The van der Waals surface area contributed by atoms with Gasteiger partial charge in [0.25, 0.3) is 0 Å². The summed E-state index contributed by atoms with van der Waals surface area (Å²) in [4.78, 5) is 19.0. The van der Waals surface area contributed by atoms with E-state index in [0.29, 0.717) is 5.56 Å². The molecule has 0 unspecified atom stereocenters. The Hall–Kier alpha value is -3.17. The quantitative estimate of drug-likeness (QED) is 0.393. The van der Waals surface area contributed by atoms with Gasteiger partial charge >= 0.3 is 7.82 Å². The zero-order chi connectivity index (χ0) is 20.3. The number of phosphoric acid groups is 1. The SMILES string of the molecule is O=P(O)(O)Oc1ccc(-c2ccccc2)c(-c2ccccc2)c1-c1ccccc1. The van der Waals surface area contributed by atoms with Crippen LogP contribution in [0.5, 0.6) is 5.75 Å².